The second-order valence-electron chi connectivity index (χ2n) is 14.1. The van der Waals surface area contributed by atoms with Gasteiger partial charge in [-0.05, 0) is 51.8 Å². The zero-order valence-electron chi connectivity index (χ0n) is 31.6. The molecule has 0 radical (unpaired) electrons. The van der Waals surface area contributed by atoms with Crippen LogP contribution in [0.4, 0.5) is 4.79 Å². The standard InChI is InChI=1S/C46H45N4O6P/c51-44(47-28-16-1-2-17-29-56-57(53)54)43(49-45(52)55-32-42-40-26-14-12-24-38(40)39-25-13-15-27-41(39)42)30-37-31-50(33-48-37)46(34-18-6-3-7-19-34,35-20-8-4-9-21-35)36-22-10-5-11-23-36/h3-15,18-27,31,33,42-43H,1-2,16-17,28-30,32H2,(H2-,47,49,51,52,53,54)/p+1/t43-/m0/s1. The van der Waals surface area contributed by atoms with Gasteiger partial charge in [-0.1, -0.05) is 152 Å². The van der Waals surface area contributed by atoms with E-state index in [0.29, 0.717) is 25.1 Å². The number of fused-ring (bicyclic) bond motifs is 3. The summed E-state index contributed by atoms with van der Waals surface area (Å²) in [6, 6.07) is 46.1. The van der Waals surface area contributed by atoms with Crippen molar-refractivity contribution in [1.82, 2.24) is 20.2 Å². The molecule has 1 heterocycles. The van der Waals surface area contributed by atoms with Gasteiger partial charge >= 0.3 is 14.3 Å². The highest BCUT2D eigenvalue weighted by Crippen LogP contribution is 2.45. The van der Waals surface area contributed by atoms with Gasteiger partial charge in [-0.3, -0.25) is 4.79 Å². The number of alkyl carbamates (subject to hydrolysis) is 1. The maximum absolute atomic E-state index is 13.9. The van der Waals surface area contributed by atoms with E-state index in [-0.39, 0.29) is 31.5 Å². The van der Waals surface area contributed by atoms with Crippen molar-refractivity contribution in [2.24, 2.45) is 0 Å². The first-order chi connectivity index (χ1) is 27.9. The van der Waals surface area contributed by atoms with Gasteiger partial charge in [0.05, 0.1) is 12.0 Å². The fraction of sp³-hybridized carbons (Fsp3) is 0.239. The lowest BCUT2D eigenvalue weighted by atomic mass is 9.77. The Morgan fingerprint density at radius 1 is 0.737 bits per heavy atom. The lowest BCUT2D eigenvalue weighted by Crippen LogP contribution is -2.48. The Bertz CT molecular complexity index is 2120. The minimum Gasteiger partial charge on any atom is -0.449 e. The Morgan fingerprint density at radius 3 is 1.82 bits per heavy atom. The smallest absolute Gasteiger partial charge is 0.449 e. The summed E-state index contributed by atoms with van der Waals surface area (Å²) in [6.45, 7) is 0.714. The zero-order valence-corrected chi connectivity index (χ0v) is 32.5. The van der Waals surface area contributed by atoms with E-state index < -0.39 is 25.9 Å². The molecule has 0 spiro atoms. The molecule has 7 rings (SSSR count). The molecule has 1 aliphatic rings. The second-order valence-corrected chi connectivity index (χ2v) is 14.8. The molecule has 0 saturated heterocycles. The second kappa shape index (κ2) is 18.8. The van der Waals surface area contributed by atoms with Crippen LogP contribution in [-0.4, -0.2) is 52.2 Å². The van der Waals surface area contributed by atoms with Gasteiger partial charge in [0.25, 0.3) is 0 Å². The number of nitrogens with one attached hydrogen (secondary N) is 2. The number of hydrogen-bond donors (Lipinski definition) is 3. The molecule has 1 aromatic heterocycles. The summed E-state index contributed by atoms with van der Waals surface area (Å²) in [7, 11) is -2.60. The van der Waals surface area contributed by atoms with Crippen LogP contribution in [0.2, 0.25) is 0 Å². The molecule has 3 N–H and O–H groups in total. The summed E-state index contributed by atoms with van der Waals surface area (Å²) in [6.07, 6.45) is 6.08. The van der Waals surface area contributed by atoms with E-state index in [1.807, 2.05) is 85.1 Å². The SMILES string of the molecule is O=C(N[C@@H](Cc1cn(C(c2ccccc2)(c2ccccc2)c2ccccc2)cn1)C(=O)NCCCCCCO[P+](=O)O)OCC1c2ccccc2-c2ccccc21. The molecular formula is C46H46N4O6P+. The Hall–Kier alpha value is -5.93. The van der Waals surface area contributed by atoms with Gasteiger partial charge in [-0.25, -0.2) is 9.78 Å². The summed E-state index contributed by atoms with van der Waals surface area (Å²) >= 11 is 0. The molecule has 290 valence electrons. The minimum absolute atomic E-state index is 0.116. The minimum atomic E-state index is -2.60. The van der Waals surface area contributed by atoms with Crippen LogP contribution in [-0.2, 0) is 30.6 Å². The normalized spacial score (nSPS) is 13.0. The lowest BCUT2D eigenvalue weighted by Gasteiger charge is -2.37. The number of hydrogen-bond acceptors (Lipinski definition) is 6. The molecule has 0 saturated carbocycles. The third kappa shape index (κ3) is 9.05. The Kier molecular flexibility index (Phi) is 13.0. The number of ether oxygens (including phenoxy) is 1. The Balaban J connectivity index is 1.12. The highest BCUT2D eigenvalue weighted by atomic mass is 31.1. The predicted molar refractivity (Wildman–Crippen MR) is 220 cm³/mol. The Labute approximate surface area is 333 Å². The van der Waals surface area contributed by atoms with Crippen LogP contribution in [0.3, 0.4) is 0 Å². The first kappa shape index (κ1) is 39.3. The van der Waals surface area contributed by atoms with Gasteiger partial charge in [0.2, 0.25) is 5.91 Å². The molecule has 2 atom stereocenters. The van der Waals surface area contributed by atoms with Gasteiger partial charge in [-0.15, -0.1) is 9.42 Å². The van der Waals surface area contributed by atoms with E-state index in [9.17, 15) is 14.2 Å². The van der Waals surface area contributed by atoms with Crippen LogP contribution in [0.25, 0.3) is 11.1 Å². The van der Waals surface area contributed by atoms with Gasteiger partial charge in [-0.2, -0.15) is 0 Å². The zero-order chi connectivity index (χ0) is 39.5. The highest BCUT2D eigenvalue weighted by Gasteiger charge is 2.39. The van der Waals surface area contributed by atoms with Crippen molar-refractivity contribution in [3.63, 3.8) is 0 Å². The number of imidazole rings is 1. The summed E-state index contributed by atoms with van der Waals surface area (Å²) in [5.74, 6) is -0.476. The highest BCUT2D eigenvalue weighted by molar-refractivity contribution is 7.32. The molecule has 2 amide bonds. The van der Waals surface area contributed by atoms with Crippen molar-refractivity contribution in [2.45, 2.75) is 49.6 Å². The largest absolute Gasteiger partial charge is 0.694 e. The van der Waals surface area contributed by atoms with Crippen LogP contribution in [0.1, 0.15) is 65.1 Å². The predicted octanol–water partition coefficient (Wildman–Crippen LogP) is 8.52. The molecule has 6 aromatic rings. The van der Waals surface area contributed by atoms with E-state index in [0.717, 1.165) is 51.8 Å². The van der Waals surface area contributed by atoms with E-state index >= 15 is 0 Å². The van der Waals surface area contributed by atoms with Crippen LogP contribution in [0, 0.1) is 0 Å². The Morgan fingerprint density at radius 2 is 1.26 bits per heavy atom. The van der Waals surface area contributed by atoms with Gasteiger partial charge in [0.15, 0.2) is 0 Å². The number of benzene rings is 5. The summed E-state index contributed by atoms with van der Waals surface area (Å²) in [5, 5.41) is 5.86. The van der Waals surface area contributed by atoms with Crippen LogP contribution in [0.5, 0.6) is 0 Å². The van der Waals surface area contributed by atoms with Crippen molar-refractivity contribution in [1.29, 1.82) is 0 Å². The number of unbranched alkanes of at least 4 members (excludes halogenated alkanes) is 3. The molecule has 1 aliphatic carbocycles. The fourth-order valence-corrected chi connectivity index (χ4v) is 8.18. The third-order valence-corrected chi connectivity index (χ3v) is 10.9. The number of amides is 2. The van der Waals surface area contributed by atoms with Crippen LogP contribution in [0.15, 0.2) is 152 Å². The van der Waals surface area contributed by atoms with Crippen molar-refractivity contribution in [3.05, 3.63) is 186 Å². The van der Waals surface area contributed by atoms with Crippen molar-refractivity contribution >= 4 is 20.3 Å². The van der Waals surface area contributed by atoms with E-state index in [4.69, 9.17) is 19.1 Å². The van der Waals surface area contributed by atoms with E-state index in [1.54, 1.807) is 6.33 Å². The molecular weight excluding hydrogens is 736 g/mol. The van der Waals surface area contributed by atoms with Crippen molar-refractivity contribution in [3.8, 4) is 11.1 Å². The number of nitrogens with zero attached hydrogens (tertiary/aromatic N) is 2. The first-order valence-corrected chi connectivity index (χ1v) is 20.5. The van der Waals surface area contributed by atoms with Crippen molar-refractivity contribution in [2.75, 3.05) is 19.8 Å². The quantitative estimate of drug-likeness (QED) is 0.0453. The average Bonchev–Trinajstić information content (AvgIpc) is 3.84. The summed E-state index contributed by atoms with van der Waals surface area (Å²) in [5.41, 5.74) is 7.39. The maximum atomic E-state index is 13.9. The molecule has 0 aliphatic heterocycles. The average molecular weight is 782 g/mol. The molecule has 1 unspecified atom stereocenters. The van der Waals surface area contributed by atoms with Gasteiger partial charge in [0.1, 0.15) is 24.8 Å². The number of rotatable bonds is 18. The van der Waals surface area contributed by atoms with Crippen LogP contribution < -0.4 is 10.6 Å². The molecule has 5 aromatic carbocycles. The number of carbonyl (C=O) groups is 2. The van der Waals surface area contributed by atoms with Crippen molar-refractivity contribution < 1.29 is 28.3 Å². The number of aromatic nitrogens is 2. The fourth-order valence-electron chi connectivity index (χ4n) is 7.90. The van der Waals surface area contributed by atoms with Gasteiger partial charge < -0.3 is 19.9 Å². The topological polar surface area (TPSA) is 132 Å². The molecule has 57 heavy (non-hydrogen) atoms. The molecule has 0 bridgehead atoms. The number of carbonyl (C=O) groups excluding carboxylic acids is 2. The molecule has 0 fully saturated rings. The third-order valence-electron chi connectivity index (χ3n) is 10.5. The van der Waals surface area contributed by atoms with Crippen LogP contribution >= 0.6 is 8.25 Å². The van der Waals surface area contributed by atoms with Gasteiger partial charge in [0, 0.05) is 29.6 Å². The molecule has 10 nitrogen and oxygen atoms in total. The summed E-state index contributed by atoms with van der Waals surface area (Å²) < 4.78 is 23.5. The lowest BCUT2D eigenvalue weighted by molar-refractivity contribution is -0.123. The van der Waals surface area contributed by atoms with E-state index in [1.165, 1.54) is 0 Å². The monoisotopic (exact) mass is 781 g/mol. The maximum Gasteiger partial charge on any atom is 0.694 e. The first-order valence-electron chi connectivity index (χ1n) is 19.3. The van der Waals surface area contributed by atoms with E-state index in [2.05, 4.69) is 75.9 Å². The molecule has 11 heteroatoms. The summed E-state index contributed by atoms with van der Waals surface area (Å²) in [4.78, 5) is 41.1.